The average molecular weight is 545 g/mol. The number of allylic oxidation sites excluding steroid dienone is 1. The molecule has 1 aliphatic heterocycles. The van der Waals surface area contributed by atoms with Gasteiger partial charge in [-0.1, -0.05) is 66.6 Å². The zero-order valence-electron chi connectivity index (χ0n) is 20.4. The van der Waals surface area contributed by atoms with E-state index in [2.05, 4.69) is 4.99 Å². The highest BCUT2D eigenvalue weighted by atomic mass is 35.5. The molecule has 1 unspecified atom stereocenters. The van der Waals surface area contributed by atoms with Crippen molar-refractivity contribution >= 4 is 46.6 Å². The van der Waals surface area contributed by atoms with E-state index in [0.29, 0.717) is 43.0 Å². The van der Waals surface area contributed by atoms with Crippen molar-refractivity contribution in [2.24, 2.45) is 10.9 Å². The van der Waals surface area contributed by atoms with Gasteiger partial charge in [0.2, 0.25) is 0 Å². The Balaban J connectivity index is 1.88. The third kappa shape index (κ3) is 5.43. The summed E-state index contributed by atoms with van der Waals surface area (Å²) in [5.41, 5.74) is 2.09. The van der Waals surface area contributed by atoms with Crippen LogP contribution in [0.2, 0.25) is 10.0 Å². The van der Waals surface area contributed by atoms with E-state index in [1.807, 2.05) is 45.0 Å². The molecule has 0 radical (unpaired) electrons. The Morgan fingerprint density at radius 1 is 1.17 bits per heavy atom. The molecule has 9 heteroatoms. The van der Waals surface area contributed by atoms with Gasteiger partial charge >= 0.3 is 5.97 Å². The summed E-state index contributed by atoms with van der Waals surface area (Å²) in [6, 6.07) is 11.9. The molecule has 3 aromatic rings. The van der Waals surface area contributed by atoms with E-state index in [9.17, 15) is 9.59 Å². The number of hydrogen-bond acceptors (Lipinski definition) is 6. The predicted octanol–water partition coefficient (Wildman–Crippen LogP) is 5.14. The number of nitrogens with zero attached hydrogens (tertiary/aromatic N) is 2. The van der Waals surface area contributed by atoms with E-state index in [-0.39, 0.29) is 18.1 Å². The van der Waals surface area contributed by atoms with Crippen molar-refractivity contribution in [3.63, 3.8) is 0 Å². The summed E-state index contributed by atoms with van der Waals surface area (Å²) in [6.45, 7) is 8.42. The van der Waals surface area contributed by atoms with Gasteiger partial charge in [-0.15, -0.1) is 0 Å². The Morgan fingerprint density at radius 3 is 2.53 bits per heavy atom. The highest BCUT2D eigenvalue weighted by Gasteiger charge is 2.33. The third-order valence-corrected chi connectivity index (χ3v) is 7.26. The smallest absolute Gasteiger partial charge is 0.338 e. The summed E-state index contributed by atoms with van der Waals surface area (Å²) in [5.74, 6) is 0.395. The molecule has 1 atom stereocenters. The Labute approximate surface area is 223 Å². The van der Waals surface area contributed by atoms with Gasteiger partial charge in [0.15, 0.2) is 4.80 Å². The van der Waals surface area contributed by atoms with Crippen molar-refractivity contribution in [1.29, 1.82) is 0 Å². The van der Waals surface area contributed by atoms with Crippen LogP contribution in [0, 0.1) is 5.92 Å². The molecule has 1 aromatic heterocycles. The summed E-state index contributed by atoms with van der Waals surface area (Å²) >= 11 is 13.5. The third-order valence-electron chi connectivity index (χ3n) is 5.54. The molecule has 1 aliphatic rings. The van der Waals surface area contributed by atoms with Crippen LogP contribution in [0.4, 0.5) is 0 Å². The van der Waals surface area contributed by atoms with Crippen LogP contribution in [-0.4, -0.2) is 23.8 Å². The standard InChI is InChI=1S/C27H26Cl2N2O4S/c1-5-34-19-9-7-18(8-10-19)24-23(26(33)35-14-15(2)3)16(4)30-27-31(24)25(32)22(36-27)13-17-6-11-20(28)21(29)12-17/h6-13,15,24H,5,14H2,1-4H3/b22-13-. The second kappa shape index (κ2) is 11.0. The molecule has 4 rings (SSSR count). The van der Waals surface area contributed by atoms with Gasteiger partial charge in [-0.3, -0.25) is 9.36 Å². The molecule has 0 fully saturated rings. The number of ether oxygens (including phenoxy) is 2. The van der Waals surface area contributed by atoms with Crippen LogP contribution in [-0.2, 0) is 9.53 Å². The largest absolute Gasteiger partial charge is 0.494 e. The van der Waals surface area contributed by atoms with Gasteiger partial charge in [0, 0.05) is 0 Å². The van der Waals surface area contributed by atoms with E-state index in [1.165, 1.54) is 11.3 Å². The van der Waals surface area contributed by atoms with Crippen LogP contribution >= 0.6 is 34.5 Å². The molecule has 0 amide bonds. The van der Waals surface area contributed by atoms with Gasteiger partial charge in [0.25, 0.3) is 5.56 Å². The first-order chi connectivity index (χ1) is 17.2. The molecule has 0 aliphatic carbocycles. The van der Waals surface area contributed by atoms with E-state index in [4.69, 9.17) is 32.7 Å². The second-order valence-corrected chi connectivity index (χ2v) is 10.6. The SMILES string of the molecule is CCOc1ccc(C2C(C(=O)OCC(C)C)=C(C)N=c3s/c(=C\c4ccc(Cl)c(Cl)c4)c(=O)n32)cc1. The van der Waals surface area contributed by atoms with Crippen LogP contribution in [0.1, 0.15) is 44.9 Å². The summed E-state index contributed by atoms with van der Waals surface area (Å²) in [7, 11) is 0. The summed E-state index contributed by atoms with van der Waals surface area (Å²) in [5, 5.41) is 0.836. The second-order valence-electron chi connectivity index (χ2n) is 8.75. The first-order valence-electron chi connectivity index (χ1n) is 11.6. The Kier molecular flexibility index (Phi) is 8.03. The fourth-order valence-corrected chi connectivity index (χ4v) is 5.24. The quantitative estimate of drug-likeness (QED) is 0.386. The van der Waals surface area contributed by atoms with Gasteiger partial charge in [-0.05, 0) is 61.2 Å². The van der Waals surface area contributed by atoms with Gasteiger partial charge in [-0.2, -0.15) is 0 Å². The molecule has 188 valence electrons. The number of fused-ring (bicyclic) bond motifs is 1. The normalized spacial score (nSPS) is 15.6. The number of carbonyl (C=O) groups excluding carboxylic acids is 1. The van der Waals surface area contributed by atoms with Crippen molar-refractivity contribution in [3.8, 4) is 5.75 Å². The molecule has 0 saturated heterocycles. The predicted molar refractivity (Wildman–Crippen MR) is 144 cm³/mol. The summed E-state index contributed by atoms with van der Waals surface area (Å²) in [4.78, 5) is 32.1. The molecule has 36 heavy (non-hydrogen) atoms. The molecule has 0 bridgehead atoms. The molecule has 0 spiro atoms. The number of esters is 1. The minimum Gasteiger partial charge on any atom is -0.494 e. The molecule has 2 heterocycles. The summed E-state index contributed by atoms with van der Waals surface area (Å²) < 4.78 is 13.2. The summed E-state index contributed by atoms with van der Waals surface area (Å²) in [6.07, 6.45) is 1.75. The molecule has 0 saturated carbocycles. The Morgan fingerprint density at radius 2 is 1.89 bits per heavy atom. The van der Waals surface area contributed by atoms with Gasteiger partial charge in [-0.25, -0.2) is 9.79 Å². The van der Waals surface area contributed by atoms with E-state index in [1.54, 1.807) is 35.8 Å². The molecule has 2 aromatic carbocycles. The monoisotopic (exact) mass is 544 g/mol. The van der Waals surface area contributed by atoms with E-state index in [0.717, 1.165) is 11.1 Å². The lowest BCUT2D eigenvalue weighted by Crippen LogP contribution is -2.40. The minimum atomic E-state index is -0.687. The van der Waals surface area contributed by atoms with Gasteiger partial charge < -0.3 is 9.47 Å². The number of rotatable bonds is 7. The molecular weight excluding hydrogens is 519 g/mol. The number of benzene rings is 2. The maximum Gasteiger partial charge on any atom is 0.338 e. The van der Waals surface area contributed by atoms with E-state index < -0.39 is 12.0 Å². The number of thiazole rings is 1. The highest BCUT2D eigenvalue weighted by molar-refractivity contribution is 7.07. The Bertz CT molecular complexity index is 1500. The maximum atomic E-state index is 13.7. The van der Waals surface area contributed by atoms with Crippen molar-refractivity contribution in [2.45, 2.75) is 33.7 Å². The highest BCUT2D eigenvalue weighted by Crippen LogP contribution is 2.32. The maximum absolute atomic E-state index is 13.7. The van der Waals surface area contributed by atoms with Gasteiger partial charge in [0.05, 0.1) is 45.1 Å². The minimum absolute atomic E-state index is 0.172. The lowest BCUT2D eigenvalue weighted by Gasteiger charge is -2.25. The number of carbonyl (C=O) groups is 1. The topological polar surface area (TPSA) is 69.9 Å². The lowest BCUT2D eigenvalue weighted by molar-refractivity contribution is -0.140. The van der Waals surface area contributed by atoms with Crippen LogP contribution < -0.4 is 19.6 Å². The van der Waals surface area contributed by atoms with Gasteiger partial charge in [0.1, 0.15) is 5.75 Å². The molecule has 6 nitrogen and oxygen atoms in total. The van der Waals surface area contributed by atoms with Crippen LogP contribution in [0.25, 0.3) is 6.08 Å². The Hall–Kier alpha value is -2.87. The average Bonchev–Trinajstić information content (AvgIpc) is 3.14. The zero-order chi connectivity index (χ0) is 26.0. The number of halogens is 2. The molecule has 0 N–H and O–H groups in total. The van der Waals surface area contributed by atoms with Crippen molar-refractivity contribution < 1.29 is 14.3 Å². The van der Waals surface area contributed by atoms with Crippen LogP contribution in [0.15, 0.2) is 63.5 Å². The fourth-order valence-electron chi connectivity index (χ4n) is 3.88. The van der Waals surface area contributed by atoms with Crippen LogP contribution in [0.3, 0.4) is 0 Å². The first kappa shape index (κ1) is 26.2. The number of aromatic nitrogens is 1. The van der Waals surface area contributed by atoms with E-state index >= 15 is 0 Å². The zero-order valence-corrected chi connectivity index (χ0v) is 22.7. The lowest BCUT2D eigenvalue weighted by atomic mass is 9.96. The van der Waals surface area contributed by atoms with Crippen molar-refractivity contribution in [3.05, 3.63) is 94.6 Å². The fraction of sp³-hybridized carbons (Fsp3) is 0.296. The van der Waals surface area contributed by atoms with Crippen molar-refractivity contribution in [1.82, 2.24) is 4.57 Å². The first-order valence-corrected chi connectivity index (χ1v) is 13.1. The number of hydrogen-bond donors (Lipinski definition) is 0. The molecular formula is C27H26Cl2N2O4S. The van der Waals surface area contributed by atoms with Crippen molar-refractivity contribution in [2.75, 3.05) is 13.2 Å². The van der Waals surface area contributed by atoms with Crippen LogP contribution in [0.5, 0.6) is 5.75 Å².